The lowest BCUT2D eigenvalue weighted by Crippen LogP contribution is -2.54. The van der Waals surface area contributed by atoms with Crippen LogP contribution in [0.3, 0.4) is 0 Å². The van der Waals surface area contributed by atoms with E-state index in [-0.39, 0.29) is 11.9 Å². The molecule has 21 heavy (non-hydrogen) atoms. The zero-order chi connectivity index (χ0) is 15.2. The van der Waals surface area contributed by atoms with E-state index in [1.165, 1.54) is 11.3 Å². The lowest BCUT2D eigenvalue weighted by atomic mass is 10.1. The SMILES string of the molecule is C=CCNC(=O)[C@@H](C)N1CCN(c2ccc(C)cc2)CC1. The molecule has 2 rings (SSSR count). The average Bonchev–Trinajstić information content (AvgIpc) is 2.53. The van der Waals surface area contributed by atoms with Gasteiger partial charge in [0.15, 0.2) is 0 Å². The molecule has 0 unspecified atom stereocenters. The molecule has 1 aromatic rings. The zero-order valence-electron chi connectivity index (χ0n) is 13.0. The Morgan fingerprint density at radius 3 is 2.48 bits per heavy atom. The second kappa shape index (κ2) is 7.27. The van der Waals surface area contributed by atoms with Crippen molar-refractivity contribution < 1.29 is 4.79 Å². The molecular formula is C17H25N3O. The number of piperazine rings is 1. The number of benzene rings is 1. The molecule has 1 atom stereocenters. The third kappa shape index (κ3) is 4.08. The molecule has 0 spiro atoms. The Bertz CT molecular complexity index is 475. The van der Waals surface area contributed by atoms with Crippen LogP contribution in [0.15, 0.2) is 36.9 Å². The van der Waals surface area contributed by atoms with Crippen LogP contribution < -0.4 is 10.2 Å². The number of nitrogens with one attached hydrogen (secondary N) is 1. The van der Waals surface area contributed by atoms with Crippen LogP contribution in [0.25, 0.3) is 0 Å². The van der Waals surface area contributed by atoms with E-state index >= 15 is 0 Å². The minimum atomic E-state index is -0.0786. The molecule has 1 fully saturated rings. The normalized spacial score (nSPS) is 17.3. The van der Waals surface area contributed by atoms with Gasteiger partial charge in [0.25, 0.3) is 0 Å². The van der Waals surface area contributed by atoms with Gasteiger partial charge in [0.1, 0.15) is 0 Å². The van der Waals surface area contributed by atoms with Crippen molar-refractivity contribution in [3.63, 3.8) is 0 Å². The van der Waals surface area contributed by atoms with E-state index < -0.39 is 0 Å². The first-order valence-electron chi connectivity index (χ1n) is 7.56. The van der Waals surface area contributed by atoms with Crippen molar-refractivity contribution in [3.8, 4) is 0 Å². The minimum Gasteiger partial charge on any atom is -0.369 e. The second-order valence-corrected chi connectivity index (χ2v) is 5.57. The maximum absolute atomic E-state index is 12.0. The summed E-state index contributed by atoms with van der Waals surface area (Å²) in [4.78, 5) is 16.6. The summed E-state index contributed by atoms with van der Waals surface area (Å²) in [5.41, 5.74) is 2.55. The summed E-state index contributed by atoms with van der Waals surface area (Å²) >= 11 is 0. The molecule has 0 saturated carbocycles. The van der Waals surface area contributed by atoms with Crippen molar-refractivity contribution in [1.82, 2.24) is 10.2 Å². The lowest BCUT2D eigenvalue weighted by molar-refractivity contribution is -0.125. The molecular weight excluding hydrogens is 262 g/mol. The summed E-state index contributed by atoms with van der Waals surface area (Å²) < 4.78 is 0. The summed E-state index contributed by atoms with van der Waals surface area (Å²) in [5, 5.41) is 2.87. The van der Waals surface area contributed by atoms with E-state index in [1.807, 2.05) is 6.92 Å². The van der Waals surface area contributed by atoms with Crippen LogP contribution in [-0.2, 0) is 4.79 Å². The summed E-state index contributed by atoms with van der Waals surface area (Å²) in [6, 6.07) is 8.56. The molecule has 4 nitrogen and oxygen atoms in total. The summed E-state index contributed by atoms with van der Waals surface area (Å²) in [6.07, 6.45) is 1.71. The van der Waals surface area contributed by atoms with Crippen LogP contribution >= 0.6 is 0 Å². The number of carbonyl (C=O) groups excluding carboxylic acids is 1. The molecule has 1 saturated heterocycles. The van der Waals surface area contributed by atoms with Gasteiger partial charge >= 0.3 is 0 Å². The third-order valence-corrected chi connectivity index (χ3v) is 4.06. The van der Waals surface area contributed by atoms with Gasteiger partial charge in [-0.1, -0.05) is 23.8 Å². The Balaban J connectivity index is 1.86. The van der Waals surface area contributed by atoms with Crippen molar-refractivity contribution in [2.75, 3.05) is 37.6 Å². The first-order chi connectivity index (χ1) is 10.1. The number of hydrogen-bond acceptors (Lipinski definition) is 3. The van der Waals surface area contributed by atoms with Gasteiger partial charge in [-0.3, -0.25) is 9.69 Å². The number of nitrogens with zero attached hydrogens (tertiary/aromatic N) is 2. The Morgan fingerprint density at radius 2 is 1.90 bits per heavy atom. The van der Waals surface area contributed by atoms with E-state index in [9.17, 15) is 4.79 Å². The number of aryl methyl sites for hydroxylation is 1. The average molecular weight is 287 g/mol. The van der Waals surface area contributed by atoms with E-state index in [0.29, 0.717) is 6.54 Å². The monoisotopic (exact) mass is 287 g/mol. The van der Waals surface area contributed by atoms with Crippen LogP contribution in [0.2, 0.25) is 0 Å². The highest BCUT2D eigenvalue weighted by Gasteiger charge is 2.25. The van der Waals surface area contributed by atoms with E-state index in [4.69, 9.17) is 0 Å². The van der Waals surface area contributed by atoms with Crippen LogP contribution in [-0.4, -0.2) is 49.6 Å². The second-order valence-electron chi connectivity index (χ2n) is 5.57. The topological polar surface area (TPSA) is 35.6 Å². The minimum absolute atomic E-state index is 0.0786. The van der Waals surface area contributed by atoms with Crippen molar-refractivity contribution in [2.24, 2.45) is 0 Å². The van der Waals surface area contributed by atoms with Gasteiger partial charge in [-0.25, -0.2) is 0 Å². The predicted molar refractivity (Wildman–Crippen MR) is 87.6 cm³/mol. The third-order valence-electron chi connectivity index (χ3n) is 4.06. The molecule has 0 aliphatic carbocycles. The van der Waals surface area contributed by atoms with Crippen molar-refractivity contribution in [1.29, 1.82) is 0 Å². The number of amides is 1. The Kier molecular flexibility index (Phi) is 5.39. The quantitative estimate of drug-likeness (QED) is 0.839. The van der Waals surface area contributed by atoms with E-state index in [1.54, 1.807) is 6.08 Å². The molecule has 1 amide bonds. The van der Waals surface area contributed by atoms with Crippen molar-refractivity contribution in [2.45, 2.75) is 19.9 Å². The fourth-order valence-electron chi connectivity index (χ4n) is 2.61. The highest BCUT2D eigenvalue weighted by Crippen LogP contribution is 2.17. The molecule has 0 radical (unpaired) electrons. The fraction of sp³-hybridized carbons (Fsp3) is 0.471. The molecule has 0 aromatic heterocycles. The van der Waals surface area contributed by atoms with Crippen LogP contribution in [0, 0.1) is 6.92 Å². The van der Waals surface area contributed by atoms with Gasteiger partial charge in [-0.15, -0.1) is 6.58 Å². The van der Waals surface area contributed by atoms with Gasteiger partial charge < -0.3 is 10.2 Å². The van der Waals surface area contributed by atoms with Crippen LogP contribution in [0.1, 0.15) is 12.5 Å². The highest BCUT2D eigenvalue weighted by molar-refractivity contribution is 5.81. The summed E-state index contributed by atoms with van der Waals surface area (Å²) in [7, 11) is 0. The molecule has 114 valence electrons. The van der Waals surface area contributed by atoms with E-state index in [2.05, 4.69) is 52.9 Å². The molecule has 1 aliphatic heterocycles. The summed E-state index contributed by atoms with van der Waals surface area (Å²) in [6.45, 7) is 12.0. The first-order valence-corrected chi connectivity index (χ1v) is 7.56. The molecule has 1 aliphatic rings. The maximum atomic E-state index is 12.0. The largest absolute Gasteiger partial charge is 0.369 e. The number of rotatable bonds is 5. The van der Waals surface area contributed by atoms with Gasteiger partial charge in [-0.05, 0) is 26.0 Å². The zero-order valence-corrected chi connectivity index (χ0v) is 13.0. The number of hydrogen-bond donors (Lipinski definition) is 1. The molecule has 4 heteroatoms. The van der Waals surface area contributed by atoms with Crippen molar-refractivity contribution in [3.05, 3.63) is 42.5 Å². The lowest BCUT2D eigenvalue weighted by Gasteiger charge is -2.38. The van der Waals surface area contributed by atoms with E-state index in [0.717, 1.165) is 26.2 Å². The van der Waals surface area contributed by atoms with Crippen molar-refractivity contribution >= 4 is 11.6 Å². The molecule has 1 N–H and O–H groups in total. The maximum Gasteiger partial charge on any atom is 0.237 e. The van der Waals surface area contributed by atoms with Crippen LogP contribution in [0.4, 0.5) is 5.69 Å². The number of carbonyl (C=O) groups is 1. The first kappa shape index (κ1) is 15.6. The molecule has 0 bridgehead atoms. The van der Waals surface area contributed by atoms with Gasteiger partial charge in [0, 0.05) is 38.4 Å². The Hall–Kier alpha value is -1.81. The fourth-order valence-corrected chi connectivity index (χ4v) is 2.61. The van der Waals surface area contributed by atoms with Gasteiger partial charge in [-0.2, -0.15) is 0 Å². The highest BCUT2D eigenvalue weighted by atomic mass is 16.2. The molecule has 1 heterocycles. The summed E-state index contributed by atoms with van der Waals surface area (Å²) in [5.74, 6) is 0.0821. The van der Waals surface area contributed by atoms with Gasteiger partial charge in [0.2, 0.25) is 5.91 Å². The Morgan fingerprint density at radius 1 is 1.29 bits per heavy atom. The predicted octanol–water partition coefficient (Wildman–Crippen LogP) is 1.81. The number of anilines is 1. The smallest absolute Gasteiger partial charge is 0.237 e. The Labute approximate surface area is 127 Å². The standard InChI is InChI=1S/C17H25N3O/c1-4-9-18-17(21)15(3)19-10-12-20(13-11-19)16-7-5-14(2)6-8-16/h4-8,15H,1,9-13H2,2-3H3,(H,18,21)/t15-/m1/s1. The van der Waals surface area contributed by atoms with Crippen LogP contribution in [0.5, 0.6) is 0 Å². The van der Waals surface area contributed by atoms with Gasteiger partial charge in [0.05, 0.1) is 6.04 Å². The molecule has 1 aromatic carbocycles.